The van der Waals surface area contributed by atoms with E-state index in [1.807, 2.05) is 21.1 Å². The topological polar surface area (TPSA) is 105 Å². The maximum Gasteiger partial charge on any atom is 0.472 e. The van der Waals surface area contributed by atoms with E-state index in [4.69, 9.17) is 9.05 Å². The van der Waals surface area contributed by atoms with Gasteiger partial charge in [-0.05, 0) is 38.5 Å². The minimum absolute atomic E-state index is 0.0785. The number of aliphatic hydroxyl groups excluding tert-OH is 1. The number of quaternary nitrogens is 1. The van der Waals surface area contributed by atoms with Crippen molar-refractivity contribution in [3.63, 3.8) is 0 Å². The first-order chi connectivity index (χ1) is 38.0. The summed E-state index contributed by atoms with van der Waals surface area (Å²) in [5.41, 5.74) is 0. The minimum Gasteiger partial charge on any atom is -0.391 e. The lowest BCUT2D eigenvalue weighted by Gasteiger charge is -2.26. The van der Waals surface area contributed by atoms with Gasteiger partial charge in [-0.2, -0.15) is 0 Å². The summed E-state index contributed by atoms with van der Waals surface area (Å²) in [5.74, 6) is -0.134. The van der Waals surface area contributed by atoms with Gasteiger partial charge in [-0.25, -0.2) is 4.57 Å². The predicted molar refractivity (Wildman–Crippen MR) is 342 cm³/mol. The number of amides is 1. The Balaban J connectivity index is 3.97. The molecule has 0 aromatic heterocycles. The molecule has 8 nitrogen and oxygen atoms in total. The third-order valence-electron chi connectivity index (χ3n) is 16.5. The number of hydrogen-bond donors (Lipinski definition) is 3. The minimum atomic E-state index is -4.33. The molecule has 0 aliphatic carbocycles. The maximum atomic E-state index is 13.1. The summed E-state index contributed by atoms with van der Waals surface area (Å²) in [6.07, 6.45) is 77.4. The molecule has 3 N–H and O–H groups in total. The van der Waals surface area contributed by atoms with Gasteiger partial charge in [0.25, 0.3) is 0 Å². The number of aliphatic hydroxyl groups is 1. The van der Waals surface area contributed by atoms with Crippen molar-refractivity contribution >= 4 is 13.7 Å². The van der Waals surface area contributed by atoms with Gasteiger partial charge in [-0.1, -0.05) is 341 Å². The first-order valence-corrected chi connectivity index (χ1v) is 36.5. The SMILES string of the molecule is CCCCCCCCCC/C=C\CCCCCCCCCCCCCCCCCCCCCCCC(=O)NC(COP(=O)(O)OCC[N+](C)(C)C)C(O)CCCCCCCCCCCCCCCCCCCCCCCCC. The highest BCUT2D eigenvalue weighted by molar-refractivity contribution is 7.47. The molecule has 466 valence electrons. The van der Waals surface area contributed by atoms with Crippen LogP contribution < -0.4 is 5.32 Å². The van der Waals surface area contributed by atoms with Gasteiger partial charge in [0.05, 0.1) is 39.9 Å². The van der Waals surface area contributed by atoms with E-state index in [1.54, 1.807) is 0 Å². The van der Waals surface area contributed by atoms with E-state index in [9.17, 15) is 19.4 Å². The van der Waals surface area contributed by atoms with Crippen molar-refractivity contribution in [3.05, 3.63) is 12.2 Å². The predicted octanol–water partition coefficient (Wildman–Crippen LogP) is 22.1. The monoisotopic (exact) mass is 1120 g/mol. The summed E-state index contributed by atoms with van der Waals surface area (Å²) in [4.78, 5) is 23.4. The summed E-state index contributed by atoms with van der Waals surface area (Å²) in [6, 6.07) is -0.758. The number of unbranched alkanes of at least 4 members (excludes halogenated alkanes) is 51. The van der Waals surface area contributed by atoms with E-state index >= 15 is 0 Å². The van der Waals surface area contributed by atoms with Crippen LogP contribution in [-0.2, 0) is 18.4 Å². The molecule has 0 aromatic carbocycles. The average molecular weight is 1120 g/mol. The molecule has 78 heavy (non-hydrogen) atoms. The lowest BCUT2D eigenvalue weighted by Crippen LogP contribution is -2.46. The molecular weight excluding hydrogens is 984 g/mol. The van der Waals surface area contributed by atoms with E-state index in [2.05, 4.69) is 31.3 Å². The van der Waals surface area contributed by atoms with Crippen LogP contribution in [0.25, 0.3) is 0 Å². The number of allylic oxidation sites excluding steroid dienone is 2. The van der Waals surface area contributed by atoms with Gasteiger partial charge in [0.1, 0.15) is 13.2 Å². The van der Waals surface area contributed by atoms with Crippen LogP contribution in [-0.4, -0.2) is 73.4 Å². The number of carbonyl (C=O) groups is 1. The fourth-order valence-electron chi connectivity index (χ4n) is 11.0. The normalized spacial score (nSPS) is 13.7. The molecule has 0 fully saturated rings. The molecule has 9 heteroatoms. The lowest BCUT2D eigenvalue weighted by molar-refractivity contribution is -0.870. The Morgan fingerprint density at radius 1 is 0.423 bits per heavy atom. The first kappa shape index (κ1) is 77.2. The van der Waals surface area contributed by atoms with Crippen molar-refractivity contribution in [3.8, 4) is 0 Å². The fraction of sp³-hybridized carbons (Fsp3) is 0.957. The molecule has 0 saturated heterocycles. The van der Waals surface area contributed by atoms with Crippen LogP contribution in [0.5, 0.6) is 0 Å². The van der Waals surface area contributed by atoms with Crippen LogP contribution in [0, 0.1) is 0 Å². The van der Waals surface area contributed by atoms with E-state index in [-0.39, 0.29) is 19.1 Å². The molecule has 3 atom stereocenters. The third-order valence-corrected chi connectivity index (χ3v) is 17.5. The molecule has 3 unspecified atom stereocenters. The number of rotatable bonds is 66. The Morgan fingerprint density at radius 3 is 0.987 bits per heavy atom. The number of hydrogen-bond acceptors (Lipinski definition) is 5. The zero-order valence-electron chi connectivity index (χ0n) is 53.5. The highest BCUT2D eigenvalue weighted by Gasteiger charge is 2.28. The molecule has 0 aliphatic rings. The lowest BCUT2D eigenvalue weighted by atomic mass is 10.0. The van der Waals surface area contributed by atoms with Crippen molar-refractivity contribution in [1.82, 2.24) is 5.32 Å². The number of carbonyl (C=O) groups excluding carboxylic acids is 1. The molecule has 0 rings (SSSR count). The van der Waals surface area contributed by atoms with E-state index in [0.29, 0.717) is 23.9 Å². The summed E-state index contributed by atoms with van der Waals surface area (Å²) < 4.78 is 23.9. The first-order valence-electron chi connectivity index (χ1n) is 35.1. The largest absolute Gasteiger partial charge is 0.472 e. The Bertz CT molecular complexity index is 1280. The van der Waals surface area contributed by atoms with Crippen LogP contribution in [0.1, 0.15) is 373 Å². The second-order valence-electron chi connectivity index (χ2n) is 25.6. The number of phosphoric acid groups is 1. The molecule has 0 saturated carbocycles. The highest BCUT2D eigenvalue weighted by atomic mass is 31.2. The summed E-state index contributed by atoms with van der Waals surface area (Å²) in [5, 5.41) is 14.1. The van der Waals surface area contributed by atoms with Crippen molar-refractivity contribution in [1.29, 1.82) is 0 Å². The molecule has 1 amide bonds. The Kier molecular flexibility index (Phi) is 60.2. The molecule has 0 spiro atoms. The van der Waals surface area contributed by atoms with Crippen molar-refractivity contribution < 1.29 is 32.9 Å². The van der Waals surface area contributed by atoms with Gasteiger partial charge in [0.2, 0.25) is 5.91 Å². The van der Waals surface area contributed by atoms with E-state index in [0.717, 1.165) is 38.5 Å². The quantitative estimate of drug-likeness (QED) is 0.0243. The number of nitrogens with zero attached hydrogens (tertiary/aromatic N) is 1. The molecule has 0 bridgehead atoms. The van der Waals surface area contributed by atoms with Crippen LogP contribution >= 0.6 is 7.82 Å². The number of phosphoric ester groups is 1. The fourth-order valence-corrected chi connectivity index (χ4v) is 11.8. The van der Waals surface area contributed by atoms with Crippen molar-refractivity contribution in [2.24, 2.45) is 0 Å². The summed E-state index contributed by atoms with van der Waals surface area (Å²) in [7, 11) is 1.64. The second kappa shape index (κ2) is 60.8. The Morgan fingerprint density at radius 2 is 0.692 bits per heavy atom. The van der Waals surface area contributed by atoms with Crippen molar-refractivity contribution in [2.75, 3.05) is 40.9 Å². The smallest absolute Gasteiger partial charge is 0.391 e. The third kappa shape index (κ3) is 62.8. The average Bonchev–Trinajstić information content (AvgIpc) is 3.41. The Labute approximate surface area is 488 Å². The van der Waals surface area contributed by atoms with Gasteiger partial charge in [0.15, 0.2) is 0 Å². The standard InChI is InChI=1S/C69H139N2O6P/c1-6-8-10-12-14-16-18-20-22-24-26-28-30-31-32-33-34-35-36-37-38-39-41-43-45-47-49-51-53-55-57-59-61-63-69(73)70-67(66-77-78(74,75)76-65-64-71(3,4)5)68(72)62-60-58-56-54-52-50-48-46-44-42-40-29-27-25-23-21-19-17-15-13-11-9-7-2/h24,26,67-68,72H,6-23,25,27-66H2,1-5H3,(H-,70,73,74,75)/p+1/b26-24-. The van der Waals surface area contributed by atoms with Gasteiger partial charge in [-0.3, -0.25) is 13.8 Å². The number of nitrogens with one attached hydrogen (secondary N) is 1. The van der Waals surface area contributed by atoms with Crippen molar-refractivity contribution in [2.45, 2.75) is 386 Å². The van der Waals surface area contributed by atoms with Crippen LogP contribution in [0.15, 0.2) is 12.2 Å². The maximum absolute atomic E-state index is 13.1. The van der Waals surface area contributed by atoms with Gasteiger partial charge in [0, 0.05) is 6.42 Å². The van der Waals surface area contributed by atoms with Crippen LogP contribution in [0.4, 0.5) is 0 Å². The molecular formula is C69H140N2O6P+. The van der Waals surface area contributed by atoms with Gasteiger partial charge in [-0.15, -0.1) is 0 Å². The molecule has 0 heterocycles. The second-order valence-corrected chi connectivity index (χ2v) is 27.1. The molecule has 0 aliphatic heterocycles. The molecule has 0 aromatic rings. The van der Waals surface area contributed by atoms with Gasteiger partial charge < -0.3 is 19.8 Å². The zero-order chi connectivity index (χ0) is 57.0. The van der Waals surface area contributed by atoms with Crippen LogP contribution in [0.2, 0.25) is 0 Å². The van der Waals surface area contributed by atoms with Gasteiger partial charge >= 0.3 is 7.82 Å². The highest BCUT2D eigenvalue weighted by Crippen LogP contribution is 2.43. The number of likely N-dealkylation sites (N-methyl/N-ethyl adjacent to an activating group) is 1. The summed E-state index contributed by atoms with van der Waals surface area (Å²) in [6.45, 7) is 4.96. The summed E-state index contributed by atoms with van der Waals surface area (Å²) >= 11 is 0. The molecule has 0 radical (unpaired) electrons. The van der Waals surface area contributed by atoms with E-state index < -0.39 is 20.0 Å². The van der Waals surface area contributed by atoms with E-state index in [1.165, 1.54) is 308 Å². The van der Waals surface area contributed by atoms with Crippen LogP contribution in [0.3, 0.4) is 0 Å². The zero-order valence-corrected chi connectivity index (χ0v) is 54.3. The Hall–Kier alpha value is -0.760.